The first-order valence-electron chi connectivity index (χ1n) is 6.70. The van der Waals surface area contributed by atoms with Gasteiger partial charge in [0.1, 0.15) is 18.5 Å². The maximum absolute atomic E-state index is 12.2. The molecule has 118 valence electrons. The van der Waals surface area contributed by atoms with Crippen LogP contribution in [0.4, 0.5) is 5.69 Å². The molecule has 2 aromatic rings. The van der Waals surface area contributed by atoms with Crippen LogP contribution in [0.15, 0.2) is 24.7 Å². The van der Waals surface area contributed by atoms with Crippen LogP contribution in [0.3, 0.4) is 0 Å². The molecule has 0 aliphatic heterocycles. The monoisotopic (exact) mass is 307 g/mol. The summed E-state index contributed by atoms with van der Waals surface area (Å²) in [5, 5.41) is 19.6. The zero-order valence-electron chi connectivity index (χ0n) is 12.3. The first-order valence-corrected chi connectivity index (χ1v) is 6.70. The first kappa shape index (κ1) is 15.7. The summed E-state index contributed by atoms with van der Waals surface area (Å²) in [5.74, 6) is -1.52. The molecule has 2 aromatic heterocycles. The summed E-state index contributed by atoms with van der Waals surface area (Å²) >= 11 is 0. The standard InChI is InChI=1S/C13H17N5O4/c1-3-22-8-17-7-10(6-15-17)16-12(19)9(2)18-11(13(20)21)4-5-14-18/h4-7,9H,3,8H2,1-2H3,(H,16,19)(H,20,21). The molecule has 0 spiro atoms. The zero-order chi connectivity index (χ0) is 16.1. The minimum atomic E-state index is -1.14. The van der Waals surface area contributed by atoms with Crippen LogP contribution in [0.25, 0.3) is 0 Å². The summed E-state index contributed by atoms with van der Waals surface area (Å²) in [6, 6.07) is 0.572. The minimum absolute atomic E-state index is 0.0466. The number of amides is 1. The lowest BCUT2D eigenvalue weighted by Crippen LogP contribution is -2.26. The number of aromatic carboxylic acids is 1. The third-order valence-corrected chi connectivity index (χ3v) is 2.96. The topological polar surface area (TPSA) is 111 Å². The second kappa shape index (κ2) is 6.85. The molecule has 0 radical (unpaired) electrons. The van der Waals surface area contributed by atoms with Gasteiger partial charge in [-0.05, 0) is 19.9 Å². The van der Waals surface area contributed by atoms with E-state index in [0.29, 0.717) is 19.0 Å². The van der Waals surface area contributed by atoms with E-state index < -0.39 is 12.0 Å². The van der Waals surface area contributed by atoms with Crippen molar-refractivity contribution in [2.45, 2.75) is 26.6 Å². The van der Waals surface area contributed by atoms with Gasteiger partial charge in [-0.25, -0.2) is 14.2 Å². The van der Waals surface area contributed by atoms with Crippen molar-refractivity contribution in [3.05, 3.63) is 30.4 Å². The van der Waals surface area contributed by atoms with E-state index in [4.69, 9.17) is 9.84 Å². The van der Waals surface area contributed by atoms with Gasteiger partial charge in [-0.1, -0.05) is 0 Å². The van der Waals surface area contributed by atoms with Gasteiger partial charge < -0.3 is 15.2 Å². The van der Waals surface area contributed by atoms with Crippen LogP contribution in [0.2, 0.25) is 0 Å². The Morgan fingerprint density at radius 3 is 2.91 bits per heavy atom. The third kappa shape index (κ3) is 3.50. The van der Waals surface area contributed by atoms with Gasteiger partial charge in [0, 0.05) is 12.8 Å². The molecule has 9 nitrogen and oxygen atoms in total. The Balaban J connectivity index is 2.03. The van der Waals surface area contributed by atoms with Gasteiger partial charge in [0.05, 0.1) is 18.1 Å². The van der Waals surface area contributed by atoms with Gasteiger partial charge in [0.2, 0.25) is 5.91 Å². The number of carbonyl (C=O) groups excluding carboxylic acids is 1. The molecule has 0 fully saturated rings. The number of hydrogen-bond donors (Lipinski definition) is 2. The Morgan fingerprint density at radius 2 is 2.23 bits per heavy atom. The van der Waals surface area contributed by atoms with Crippen molar-refractivity contribution < 1.29 is 19.4 Å². The average molecular weight is 307 g/mol. The lowest BCUT2D eigenvalue weighted by atomic mass is 10.3. The first-order chi connectivity index (χ1) is 10.5. The van der Waals surface area contributed by atoms with Crippen molar-refractivity contribution in [2.75, 3.05) is 11.9 Å². The van der Waals surface area contributed by atoms with E-state index in [9.17, 15) is 9.59 Å². The number of nitrogens with zero attached hydrogens (tertiary/aromatic N) is 4. The summed E-state index contributed by atoms with van der Waals surface area (Å²) in [5.41, 5.74) is 0.454. The number of carboxylic acids is 1. The Bertz CT molecular complexity index is 663. The molecule has 2 N–H and O–H groups in total. The number of ether oxygens (including phenoxy) is 1. The van der Waals surface area contributed by atoms with E-state index >= 15 is 0 Å². The maximum Gasteiger partial charge on any atom is 0.354 e. The maximum atomic E-state index is 12.2. The van der Waals surface area contributed by atoms with Crippen LogP contribution in [-0.2, 0) is 16.3 Å². The molecule has 2 heterocycles. The number of carboxylic acid groups (broad SMARTS) is 1. The highest BCUT2D eigenvalue weighted by Gasteiger charge is 2.21. The van der Waals surface area contributed by atoms with Gasteiger partial charge in [0.15, 0.2) is 0 Å². The van der Waals surface area contributed by atoms with Gasteiger partial charge in [-0.3, -0.25) is 4.79 Å². The Morgan fingerprint density at radius 1 is 1.45 bits per heavy atom. The molecule has 9 heteroatoms. The van der Waals surface area contributed by atoms with Crippen molar-refractivity contribution in [2.24, 2.45) is 0 Å². The second-order valence-electron chi connectivity index (χ2n) is 4.52. The predicted molar refractivity (Wildman–Crippen MR) is 76.4 cm³/mol. The van der Waals surface area contributed by atoms with Crippen molar-refractivity contribution in [3.63, 3.8) is 0 Å². The SMILES string of the molecule is CCOCn1cc(NC(=O)C(C)n2nccc2C(=O)O)cn1. The van der Waals surface area contributed by atoms with Crippen molar-refractivity contribution >= 4 is 17.6 Å². The van der Waals surface area contributed by atoms with E-state index in [1.54, 1.807) is 17.8 Å². The number of aromatic nitrogens is 4. The Labute approximate surface area is 126 Å². The van der Waals surface area contributed by atoms with E-state index in [1.165, 1.54) is 18.5 Å². The summed E-state index contributed by atoms with van der Waals surface area (Å²) in [6.07, 6.45) is 4.46. The summed E-state index contributed by atoms with van der Waals surface area (Å²) in [7, 11) is 0. The highest BCUT2D eigenvalue weighted by atomic mass is 16.5. The van der Waals surface area contributed by atoms with Crippen LogP contribution in [0, 0.1) is 0 Å². The van der Waals surface area contributed by atoms with Crippen LogP contribution in [0.1, 0.15) is 30.4 Å². The molecule has 1 unspecified atom stereocenters. The fourth-order valence-corrected chi connectivity index (χ4v) is 1.83. The Hall–Kier alpha value is -2.68. The molecule has 2 rings (SSSR count). The van der Waals surface area contributed by atoms with Gasteiger partial charge >= 0.3 is 5.97 Å². The molecule has 0 aromatic carbocycles. The number of carbonyl (C=O) groups is 2. The summed E-state index contributed by atoms with van der Waals surface area (Å²) < 4.78 is 7.89. The largest absolute Gasteiger partial charge is 0.477 e. The van der Waals surface area contributed by atoms with Gasteiger partial charge in [0.25, 0.3) is 0 Å². The van der Waals surface area contributed by atoms with E-state index in [2.05, 4.69) is 15.5 Å². The minimum Gasteiger partial charge on any atom is -0.477 e. The van der Waals surface area contributed by atoms with Crippen molar-refractivity contribution in [3.8, 4) is 0 Å². The van der Waals surface area contributed by atoms with Gasteiger partial charge in [-0.15, -0.1) is 0 Å². The fraction of sp³-hybridized carbons (Fsp3) is 0.385. The molecule has 22 heavy (non-hydrogen) atoms. The smallest absolute Gasteiger partial charge is 0.354 e. The highest BCUT2D eigenvalue weighted by Crippen LogP contribution is 2.13. The quantitative estimate of drug-likeness (QED) is 0.788. The lowest BCUT2D eigenvalue weighted by Gasteiger charge is -2.13. The van der Waals surface area contributed by atoms with Crippen LogP contribution < -0.4 is 5.32 Å². The van der Waals surface area contributed by atoms with E-state index in [-0.39, 0.29) is 11.6 Å². The molecule has 0 saturated carbocycles. The zero-order valence-corrected chi connectivity index (χ0v) is 12.3. The Kier molecular flexibility index (Phi) is 4.89. The van der Waals surface area contributed by atoms with E-state index in [0.717, 1.165) is 4.68 Å². The van der Waals surface area contributed by atoms with Crippen LogP contribution in [0.5, 0.6) is 0 Å². The second-order valence-corrected chi connectivity index (χ2v) is 4.52. The van der Waals surface area contributed by atoms with Gasteiger partial charge in [-0.2, -0.15) is 10.2 Å². The predicted octanol–water partition coefficient (Wildman–Crippen LogP) is 0.971. The molecular formula is C13H17N5O4. The third-order valence-electron chi connectivity index (χ3n) is 2.96. The lowest BCUT2D eigenvalue weighted by molar-refractivity contribution is -0.119. The number of rotatable bonds is 7. The number of hydrogen-bond acceptors (Lipinski definition) is 5. The molecule has 0 bridgehead atoms. The van der Waals surface area contributed by atoms with Crippen LogP contribution in [-0.4, -0.2) is 43.2 Å². The number of anilines is 1. The number of nitrogens with one attached hydrogen (secondary N) is 1. The normalized spacial score (nSPS) is 12.1. The molecule has 1 amide bonds. The summed E-state index contributed by atoms with van der Waals surface area (Å²) in [6.45, 7) is 4.30. The molecule has 0 aliphatic carbocycles. The molecule has 0 saturated heterocycles. The molecular weight excluding hydrogens is 290 g/mol. The summed E-state index contributed by atoms with van der Waals surface area (Å²) in [4.78, 5) is 23.2. The van der Waals surface area contributed by atoms with Crippen molar-refractivity contribution in [1.29, 1.82) is 0 Å². The van der Waals surface area contributed by atoms with E-state index in [1.807, 2.05) is 6.92 Å². The van der Waals surface area contributed by atoms with Crippen LogP contribution >= 0.6 is 0 Å². The molecule has 0 aliphatic rings. The fourth-order valence-electron chi connectivity index (χ4n) is 1.83. The molecule has 1 atom stereocenters. The average Bonchev–Trinajstić information content (AvgIpc) is 3.13. The van der Waals surface area contributed by atoms with Crippen molar-refractivity contribution in [1.82, 2.24) is 19.6 Å². The highest BCUT2D eigenvalue weighted by molar-refractivity contribution is 5.94.